The number of nitrogens with zero attached hydrogens (tertiary/aromatic N) is 4. The van der Waals surface area contributed by atoms with E-state index in [0.717, 1.165) is 33.5 Å². The van der Waals surface area contributed by atoms with E-state index in [1.807, 2.05) is 35.6 Å². The van der Waals surface area contributed by atoms with Crippen LogP contribution in [-0.2, 0) is 9.53 Å². The van der Waals surface area contributed by atoms with Gasteiger partial charge in [0.2, 0.25) is 5.91 Å². The van der Waals surface area contributed by atoms with E-state index in [-0.39, 0.29) is 18.3 Å². The molecule has 1 N–H and O–H groups in total. The molecule has 0 radical (unpaired) electrons. The molecule has 1 aromatic carbocycles. The highest BCUT2D eigenvalue weighted by Crippen LogP contribution is 2.27. The van der Waals surface area contributed by atoms with Crippen LogP contribution in [0.4, 0.5) is 5.13 Å². The van der Waals surface area contributed by atoms with Gasteiger partial charge in [0, 0.05) is 5.39 Å². The normalized spacial score (nSPS) is 11.2. The van der Waals surface area contributed by atoms with Crippen molar-refractivity contribution in [2.45, 2.75) is 25.9 Å². The molecule has 4 rings (SSSR count). The topological polar surface area (TPSA) is 98.5 Å². The summed E-state index contributed by atoms with van der Waals surface area (Å²) in [5.41, 5.74) is 3.39. The van der Waals surface area contributed by atoms with E-state index in [9.17, 15) is 9.59 Å². The number of pyridine rings is 1. The molecule has 3 aromatic heterocycles. The van der Waals surface area contributed by atoms with E-state index < -0.39 is 5.97 Å². The van der Waals surface area contributed by atoms with E-state index in [1.165, 1.54) is 11.8 Å². The number of rotatable bonds is 6. The lowest BCUT2D eigenvalue weighted by molar-refractivity contribution is -0.113. The van der Waals surface area contributed by atoms with Crippen LogP contribution in [0.1, 0.15) is 27.9 Å². The van der Waals surface area contributed by atoms with Crippen LogP contribution in [0, 0.1) is 13.8 Å². The number of hydrogen-bond donors (Lipinski definition) is 1. The molecule has 0 bridgehead atoms. The largest absolute Gasteiger partial charge is 0.462 e. The molecule has 8 nitrogen and oxygen atoms in total. The third-order valence-electron chi connectivity index (χ3n) is 4.41. The summed E-state index contributed by atoms with van der Waals surface area (Å²) in [4.78, 5) is 29.0. The van der Waals surface area contributed by atoms with Gasteiger partial charge in [-0.05, 0) is 38.5 Å². The van der Waals surface area contributed by atoms with Gasteiger partial charge >= 0.3 is 5.97 Å². The number of thioether (sulfide) groups is 1. The number of aromatic nitrogens is 4. The lowest BCUT2D eigenvalue weighted by atomic mass is 10.1. The molecule has 0 atom stereocenters. The van der Waals surface area contributed by atoms with Gasteiger partial charge in [0.05, 0.1) is 23.6 Å². The molecule has 0 aliphatic heterocycles. The fraction of sp³-hybridized carbons (Fsp3) is 0.250. The van der Waals surface area contributed by atoms with Crippen LogP contribution in [0.2, 0.25) is 0 Å². The Hall–Kier alpha value is -2.98. The molecule has 1 amide bonds. The first-order valence-corrected chi connectivity index (χ1v) is 11.1. The van der Waals surface area contributed by atoms with Gasteiger partial charge in [-0.25, -0.2) is 9.78 Å². The van der Waals surface area contributed by atoms with E-state index in [0.29, 0.717) is 20.9 Å². The number of esters is 1. The van der Waals surface area contributed by atoms with Crippen molar-refractivity contribution in [2.75, 3.05) is 17.7 Å². The van der Waals surface area contributed by atoms with Crippen molar-refractivity contribution in [1.82, 2.24) is 19.6 Å². The van der Waals surface area contributed by atoms with Crippen molar-refractivity contribution in [1.29, 1.82) is 0 Å². The zero-order valence-corrected chi connectivity index (χ0v) is 18.3. The quantitative estimate of drug-likeness (QED) is 0.358. The molecule has 10 heteroatoms. The number of amides is 1. The van der Waals surface area contributed by atoms with Gasteiger partial charge in [0.25, 0.3) is 0 Å². The fourth-order valence-corrected chi connectivity index (χ4v) is 4.72. The number of fused-ring (bicyclic) bond motifs is 3. The second-order valence-electron chi connectivity index (χ2n) is 6.51. The van der Waals surface area contributed by atoms with Crippen molar-refractivity contribution in [3.63, 3.8) is 0 Å². The van der Waals surface area contributed by atoms with Gasteiger partial charge in [-0.15, -0.1) is 10.2 Å². The summed E-state index contributed by atoms with van der Waals surface area (Å²) in [7, 11) is 0. The number of ether oxygens (including phenoxy) is 1. The summed E-state index contributed by atoms with van der Waals surface area (Å²) >= 11 is 2.40. The Morgan fingerprint density at radius 2 is 2.03 bits per heavy atom. The van der Waals surface area contributed by atoms with Gasteiger partial charge in [-0.2, -0.15) is 0 Å². The first-order valence-electron chi connectivity index (χ1n) is 9.28. The minimum absolute atomic E-state index is 0.135. The Bertz CT molecular complexity index is 1260. The molecule has 3 heterocycles. The summed E-state index contributed by atoms with van der Waals surface area (Å²) < 4.78 is 6.96. The predicted molar refractivity (Wildman–Crippen MR) is 117 cm³/mol. The molecule has 0 fully saturated rings. The van der Waals surface area contributed by atoms with Crippen LogP contribution in [0.3, 0.4) is 0 Å². The van der Waals surface area contributed by atoms with E-state index >= 15 is 0 Å². The lowest BCUT2D eigenvalue weighted by Gasteiger charge is -2.07. The number of hydrogen-bond acceptors (Lipinski definition) is 8. The molecule has 4 aromatic rings. The summed E-state index contributed by atoms with van der Waals surface area (Å²) in [6.07, 6.45) is 0. The first kappa shape index (κ1) is 20.3. The second kappa shape index (κ2) is 8.41. The highest BCUT2D eigenvalue weighted by molar-refractivity contribution is 7.99. The van der Waals surface area contributed by atoms with Crippen molar-refractivity contribution in [2.24, 2.45) is 0 Å². The minimum atomic E-state index is -0.431. The highest BCUT2D eigenvalue weighted by Gasteiger charge is 2.18. The number of para-hydroxylation sites is 1. The van der Waals surface area contributed by atoms with Crippen LogP contribution in [-0.4, -0.2) is 43.8 Å². The number of aryl methyl sites for hydroxylation is 2. The molecule has 0 unspecified atom stereocenters. The summed E-state index contributed by atoms with van der Waals surface area (Å²) in [5, 5.41) is 13.3. The maximum atomic E-state index is 12.4. The molecular weight excluding hydrogens is 422 g/mol. The smallest absolute Gasteiger partial charge is 0.350 e. The number of thiazole rings is 1. The number of carbonyl (C=O) groups is 2. The van der Waals surface area contributed by atoms with E-state index in [1.54, 1.807) is 13.8 Å². The van der Waals surface area contributed by atoms with Crippen LogP contribution >= 0.6 is 23.1 Å². The Labute approximate surface area is 180 Å². The molecular formula is C20H19N5O3S2. The third-order valence-corrected chi connectivity index (χ3v) is 6.39. The monoisotopic (exact) mass is 441 g/mol. The minimum Gasteiger partial charge on any atom is -0.462 e. The lowest BCUT2D eigenvalue weighted by Crippen LogP contribution is -2.14. The Kier molecular flexibility index (Phi) is 5.69. The Morgan fingerprint density at radius 1 is 1.23 bits per heavy atom. The summed E-state index contributed by atoms with van der Waals surface area (Å²) in [6.45, 7) is 5.78. The van der Waals surface area contributed by atoms with Crippen LogP contribution in [0.15, 0.2) is 35.5 Å². The SMILES string of the molecule is CCOC(=O)c1sc(NC(=O)CSc2nnc3cc(C)c4ccccc4n23)nc1C. The first-order chi connectivity index (χ1) is 14.5. The number of benzene rings is 1. The van der Waals surface area contributed by atoms with Gasteiger partial charge in [0.1, 0.15) is 4.88 Å². The van der Waals surface area contributed by atoms with Crippen LogP contribution < -0.4 is 5.32 Å². The van der Waals surface area contributed by atoms with Gasteiger partial charge in [-0.3, -0.25) is 9.20 Å². The van der Waals surface area contributed by atoms with E-state index in [4.69, 9.17) is 4.74 Å². The third kappa shape index (κ3) is 3.88. The number of anilines is 1. The van der Waals surface area contributed by atoms with Gasteiger partial charge in [-0.1, -0.05) is 41.3 Å². The molecule has 30 heavy (non-hydrogen) atoms. The Balaban J connectivity index is 1.50. The maximum Gasteiger partial charge on any atom is 0.350 e. The van der Waals surface area contributed by atoms with Crippen LogP contribution in [0.25, 0.3) is 16.6 Å². The molecule has 0 aliphatic rings. The fourth-order valence-electron chi connectivity index (χ4n) is 3.09. The summed E-state index contributed by atoms with van der Waals surface area (Å²) in [5.74, 6) is -0.534. The molecule has 0 saturated carbocycles. The standard InChI is InChI=1S/C20H19N5O3S2/c1-4-28-18(27)17-12(3)21-19(30-17)22-16(26)10-29-20-24-23-15-9-11(2)13-7-5-6-8-14(13)25(15)20/h5-9H,4,10H2,1-3H3,(H,21,22,26). The highest BCUT2D eigenvalue weighted by atomic mass is 32.2. The molecule has 0 spiro atoms. The molecule has 154 valence electrons. The zero-order chi connectivity index (χ0) is 21.3. The van der Waals surface area contributed by atoms with Crippen LogP contribution in [0.5, 0.6) is 0 Å². The second-order valence-corrected chi connectivity index (χ2v) is 8.45. The average Bonchev–Trinajstić information content (AvgIpc) is 3.30. The predicted octanol–water partition coefficient (Wildman–Crippen LogP) is 3.86. The van der Waals surface area contributed by atoms with Gasteiger partial charge in [0.15, 0.2) is 15.9 Å². The van der Waals surface area contributed by atoms with Gasteiger partial charge < -0.3 is 10.1 Å². The maximum absolute atomic E-state index is 12.4. The van der Waals surface area contributed by atoms with E-state index in [2.05, 4.69) is 26.6 Å². The summed E-state index contributed by atoms with van der Waals surface area (Å²) in [6, 6.07) is 10.0. The number of nitrogens with one attached hydrogen (secondary N) is 1. The van der Waals surface area contributed by atoms with Crippen molar-refractivity contribution < 1.29 is 14.3 Å². The molecule has 0 aliphatic carbocycles. The van der Waals surface area contributed by atoms with Crippen molar-refractivity contribution in [3.8, 4) is 0 Å². The number of carbonyl (C=O) groups excluding carboxylic acids is 2. The average molecular weight is 442 g/mol. The van der Waals surface area contributed by atoms with Crippen molar-refractivity contribution in [3.05, 3.63) is 46.5 Å². The Morgan fingerprint density at radius 3 is 2.83 bits per heavy atom. The van der Waals surface area contributed by atoms with Crippen molar-refractivity contribution >= 4 is 56.7 Å². The zero-order valence-electron chi connectivity index (χ0n) is 16.6. The molecule has 0 saturated heterocycles.